The molecule has 2 saturated carbocycles. The molecule has 0 aliphatic heterocycles. The average molecular weight is 343 g/mol. The van der Waals surface area contributed by atoms with Crippen molar-refractivity contribution >= 4 is 23.8 Å². The van der Waals surface area contributed by atoms with Crippen LogP contribution in [-0.2, 0) is 4.79 Å². The molecule has 0 aromatic heterocycles. The molecule has 2 amide bonds. The van der Waals surface area contributed by atoms with E-state index in [2.05, 4.69) is 16.9 Å². The van der Waals surface area contributed by atoms with E-state index < -0.39 is 5.97 Å². The van der Waals surface area contributed by atoms with Gasteiger partial charge >= 0.3 is 12.0 Å². The first kappa shape index (κ1) is 18.4. The highest BCUT2D eigenvalue weighted by molar-refractivity contribution is 7.99. The maximum absolute atomic E-state index is 12.1. The Hall–Kier alpha value is -0.950. The van der Waals surface area contributed by atoms with Crippen LogP contribution in [0.2, 0.25) is 0 Å². The number of carboxylic acid groups (broad SMARTS) is 1. The second-order valence-corrected chi connectivity index (χ2v) is 7.76. The fourth-order valence-corrected chi connectivity index (χ4v) is 4.41. The van der Waals surface area contributed by atoms with Crippen LogP contribution in [0.3, 0.4) is 0 Å². The Labute approximate surface area is 142 Å². The van der Waals surface area contributed by atoms with Crippen LogP contribution in [0.25, 0.3) is 0 Å². The van der Waals surface area contributed by atoms with Crippen molar-refractivity contribution in [3.8, 4) is 0 Å². The Kier molecular flexibility index (Phi) is 7.02. The summed E-state index contributed by atoms with van der Waals surface area (Å²) in [5.41, 5.74) is 0. The van der Waals surface area contributed by atoms with Crippen LogP contribution in [0.15, 0.2) is 0 Å². The van der Waals surface area contributed by atoms with E-state index >= 15 is 0 Å². The average Bonchev–Trinajstić information content (AvgIpc) is 2.48. The van der Waals surface area contributed by atoms with Gasteiger partial charge in [-0.3, -0.25) is 9.69 Å². The Morgan fingerprint density at radius 3 is 2.48 bits per heavy atom. The molecule has 2 aliphatic carbocycles. The van der Waals surface area contributed by atoms with Crippen LogP contribution in [0, 0.1) is 0 Å². The molecule has 2 atom stereocenters. The fourth-order valence-electron chi connectivity index (χ4n) is 3.58. The number of carbonyl (C=O) groups excluding carboxylic acids is 1. The highest BCUT2D eigenvalue weighted by Gasteiger charge is 2.35. The molecule has 2 rings (SSSR count). The molecule has 0 spiro atoms. The second-order valence-electron chi connectivity index (χ2n) is 6.62. The number of carbonyl (C=O) groups is 2. The number of thioether (sulfide) groups is 1. The lowest BCUT2D eigenvalue weighted by Gasteiger charge is -2.42. The summed E-state index contributed by atoms with van der Waals surface area (Å²) >= 11 is 1.89. The summed E-state index contributed by atoms with van der Waals surface area (Å²) in [7, 11) is 0. The molecule has 0 radical (unpaired) electrons. The van der Waals surface area contributed by atoms with Gasteiger partial charge in [0.05, 0.1) is 6.54 Å². The van der Waals surface area contributed by atoms with Crippen molar-refractivity contribution in [2.75, 3.05) is 19.3 Å². The van der Waals surface area contributed by atoms with E-state index in [1.165, 1.54) is 12.8 Å². The van der Waals surface area contributed by atoms with E-state index in [0.717, 1.165) is 32.2 Å². The molecule has 2 aliphatic rings. The molecule has 0 heterocycles. The van der Waals surface area contributed by atoms with Crippen LogP contribution in [-0.4, -0.2) is 64.7 Å². The zero-order chi connectivity index (χ0) is 16.8. The van der Waals surface area contributed by atoms with Gasteiger partial charge in [-0.1, -0.05) is 13.3 Å². The van der Waals surface area contributed by atoms with Gasteiger partial charge < -0.3 is 15.7 Å². The highest BCUT2D eigenvalue weighted by atomic mass is 32.2. The Morgan fingerprint density at radius 2 is 1.87 bits per heavy atom. The molecule has 23 heavy (non-hydrogen) atoms. The number of amides is 2. The summed E-state index contributed by atoms with van der Waals surface area (Å²) in [5, 5.41) is 15.7. The van der Waals surface area contributed by atoms with Gasteiger partial charge in [-0.15, -0.1) is 0 Å². The topological polar surface area (TPSA) is 81.7 Å². The summed E-state index contributed by atoms with van der Waals surface area (Å²) in [5.74, 6) is -0.790. The number of nitrogens with one attached hydrogen (secondary N) is 2. The molecule has 0 aromatic rings. The third-order valence-electron chi connectivity index (χ3n) is 5.00. The first-order chi connectivity index (χ1) is 11.0. The zero-order valence-electron chi connectivity index (χ0n) is 14.1. The Morgan fingerprint density at radius 1 is 1.17 bits per heavy atom. The third kappa shape index (κ3) is 5.57. The first-order valence-corrected chi connectivity index (χ1v) is 9.86. The van der Waals surface area contributed by atoms with E-state index in [4.69, 9.17) is 5.11 Å². The molecule has 0 saturated heterocycles. The van der Waals surface area contributed by atoms with Crippen LogP contribution in [0.1, 0.15) is 45.4 Å². The lowest BCUT2D eigenvalue weighted by Crippen LogP contribution is -2.57. The largest absolute Gasteiger partial charge is 0.480 e. The van der Waals surface area contributed by atoms with E-state index in [0.29, 0.717) is 5.25 Å². The maximum Gasteiger partial charge on any atom is 0.317 e. The summed E-state index contributed by atoms with van der Waals surface area (Å²) in [6.45, 7) is 2.79. The number of urea groups is 1. The molecular weight excluding hydrogens is 314 g/mol. The summed E-state index contributed by atoms with van der Waals surface area (Å²) in [4.78, 5) is 24.9. The van der Waals surface area contributed by atoms with Crippen molar-refractivity contribution in [1.82, 2.24) is 15.5 Å². The minimum atomic E-state index is -0.790. The smallest absolute Gasteiger partial charge is 0.317 e. The SMILES string of the molecule is CCN(CC(=O)O)C1CC(NC(=O)NC2CCCC(SC)C2)C1. The van der Waals surface area contributed by atoms with Crippen LogP contribution in [0.4, 0.5) is 4.79 Å². The van der Waals surface area contributed by atoms with Gasteiger partial charge in [0, 0.05) is 23.4 Å². The standard InChI is InChI=1S/C16H29N3O3S/c1-3-19(10-15(20)21)13-7-12(8-13)18-16(22)17-11-5-4-6-14(9-11)23-2/h11-14H,3-10H2,1-2H3,(H,20,21)(H2,17,18,22). The van der Waals surface area contributed by atoms with Crippen LogP contribution >= 0.6 is 11.8 Å². The molecular formula is C16H29N3O3S. The summed E-state index contributed by atoms with van der Waals surface area (Å²) < 4.78 is 0. The lowest BCUT2D eigenvalue weighted by molar-refractivity contribution is -0.139. The summed E-state index contributed by atoms with van der Waals surface area (Å²) in [6.07, 6.45) is 8.38. The van der Waals surface area contributed by atoms with Gasteiger partial charge in [-0.25, -0.2) is 4.79 Å². The number of rotatable bonds is 7. The minimum absolute atomic E-state index is 0.0681. The minimum Gasteiger partial charge on any atom is -0.480 e. The lowest BCUT2D eigenvalue weighted by atomic mass is 9.85. The van der Waals surface area contributed by atoms with Gasteiger partial charge in [0.25, 0.3) is 0 Å². The van der Waals surface area contributed by atoms with Crippen molar-refractivity contribution in [3.05, 3.63) is 0 Å². The predicted molar refractivity (Wildman–Crippen MR) is 92.9 cm³/mol. The van der Waals surface area contributed by atoms with Crippen molar-refractivity contribution in [2.45, 2.75) is 68.8 Å². The third-order valence-corrected chi connectivity index (χ3v) is 6.10. The van der Waals surface area contributed by atoms with E-state index in [-0.39, 0.29) is 30.7 Å². The normalized spacial score (nSPS) is 30.6. The van der Waals surface area contributed by atoms with Gasteiger partial charge in [0.1, 0.15) is 0 Å². The first-order valence-electron chi connectivity index (χ1n) is 8.57. The molecule has 3 N–H and O–H groups in total. The van der Waals surface area contributed by atoms with Crippen molar-refractivity contribution in [2.24, 2.45) is 0 Å². The molecule has 2 fully saturated rings. The van der Waals surface area contributed by atoms with E-state index in [1.54, 1.807) is 0 Å². The van der Waals surface area contributed by atoms with Gasteiger partial charge in [0.15, 0.2) is 0 Å². The molecule has 0 aromatic carbocycles. The number of carboxylic acids is 1. The Bertz CT molecular complexity index is 415. The van der Waals surface area contributed by atoms with Crippen LogP contribution < -0.4 is 10.6 Å². The molecule has 6 nitrogen and oxygen atoms in total. The highest BCUT2D eigenvalue weighted by Crippen LogP contribution is 2.27. The molecule has 132 valence electrons. The van der Waals surface area contributed by atoms with Gasteiger partial charge in [-0.2, -0.15) is 11.8 Å². The van der Waals surface area contributed by atoms with E-state index in [9.17, 15) is 9.59 Å². The Balaban J connectivity index is 1.66. The predicted octanol–water partition coefficient (Wildman–Crippen LogP) is 1.90. The number of hydrogen-bond acceptors (Lipinski definition) is 4. The molecule has 2 unspecified atom stereocenters. The van der Waals surface area contributed by atoms with E-state index in [1.807, 2.05) is 23.6 Å². The van der Waals surface area contributed by atoms with Crippen molar-refractivity contribution < 1.29 is 14.7 Å². The molecule has 7 heteroatoms. The van der Waals surface area contributed by atoms with Crippen molar-refractivity contribution in [3.63, 3.8) is 0 Å². The maximum atomic E-state index is 12.1. The van der Waals surface area contributed by atoms with Crippen LogP contribution in [0.5, 0.6) is 0 Å². The van der Waals surface area contributed by atoms with Crippen molar-refractivity contribution in [1.29, 1.82) is 0 Å². The fraction of sp³-hybridized carbons (Fsp3) is 0.875. The number of nitrogens with zero attached hydrogens (tertiary/aromatic N) is 1. The zero-order valence-corrected chi connectivity index (χ0v) is 14.9. The second kappa shape index (κ2) is 8.78. The monoisotopic (exact) mass is 343 g/mol. The van der Waals surface area contributed by atoms with Gasteiger partial charge in [-0.05, 0) is 44.9 Å². The number of likely N-dealkylation sites (N-methyl/N-ethyl adjacent to an activating group) is 1. The summed E-state index contributed by atoms with van der Waals surface area (Å²) in [6, 6.07) is 0.664. The number of aliphatic carboxylic acids is 1. The molecule has 0 bridgehead atoms. The number of hydrogen-bond donors (Lipinski definition) is 3. The van der Waals surface area contributed by atoms with Gasteiger partial charge in [0.2, 0.25) is 0 Å². The quantitative estimate of drug-likeness (QED) is 0.658.